The minimum atomic E-state index is -0.833. The van der Waals surface area contributed by atoms with Gasteiger partial charge in [-0.3, -0.25) is 4.79 Å². The maximum Gasteiger partial charge on any atom is 0.300 e. The lowest BCUT2D eigenvalue weighted by atomic mass is 10.2. The lowest BCUT2D eigenvalue weighted by Gasteiger charge is -2.12. The molecule has 3 nitrogen and oxygen atoms in total. The molecule has 1 saturated carbocycles. The van der Waals surface area contributed by atoms with Gasteiger partial charge in [-0.05, 0) is 31.2 Å². The number of rotatable bonds is 4. The molecule has 1 atom stereocenters. The van der Waals surface area contributed by atoms with Crippen molar-refractivity contribution in [2.45, 2.75) is 39.3 Å². The van der Waals surface area contributed by atoms with Gasteiger partial charge < -0.3 is 10.4 Å². The molecule has 94 valence electrons. The summed E-state index contributed by atoms with van der Waals surface area (Å²) >= 11 is 0. The van der Waals surface area contributed by atoms with Crippen LogP contribution in [0.4, 0.5) is 0 Å². The maximum atomic E-state index is 9.00. The number of carbonyl (C=O) groups is 1. The van der Waals surface area contributed by atoms with Gasteiger partial charge in [-0.25, -0.2) is 0 Å². The first-order valence-corrected chi connectivity index (χ1v) is 6.06. The third-order valence-corrected chi connectivity index (χ3v) is 2.80. The second-order valence-electron chi connectivity index (χ2n) is 4.51. The van der Waals surface area contributed by atoms with Crippen molar-refractivity contribution in [1.82, 2.24) is 5.32 Å². The molecule has 2 rings (SSSR count). The van der Waals surface area contributed by atoms with Crippen LogP contribution in [0.2, 0.25) is 0 Å². The molecule has 0 heterocycles. The fourth-order valence-corrected chi connectivity index (χ4v) is 1.64. The zero-order chi connectivity index (χ0) is 12.7. The van der Waals surface area contributed by atoms with Crippen LogP contribution in [0, 0.1) is 5.92 Å². The van der Waals surface area contributed by atoms with E-state index in [-0.39, 0.29) is 0 Å². The molecule has 1 aromatic carbocycles. The summed E-state index contributed by atoms with van der Waals surface area (Å²) in [5, 5.41) is 11.0. The Kier molecular flexibility index (Phi) is 5.70. The highest BCUT2D eigenvalue weighted by molar-refractivity contribution is 5.62. The van der Waals surface area contributed by atoms with Gasteiger partial charge in [0.15, 0.2) is 0 Å². The molecule has 1 unspecified atom stereocenters. The maximum absolute atomic E-state index is 9.00. The fraction of sp³-hybridized carbons (Fsp3) is 0.500. The summed E-state index contributed by atoms with van der Waals surface area (Å²) in [7, 11) is 0. The van der Waals surface area contributed by atoms with Gasteiger partial charge in [0.2, 0.25) is 0 Å². The number of hydrogen-bond acceptors (Lipinski definition) is 2. The minimum Gasteiger partial charge on any atom is -0.481 e. The molecule has 17 heavy (non-hydrogen) atoms. The highest BCUT2D eigenvalue weighted by Crippen LogP contribution is 2.32. The van der Waals surface area contributed by atoms with Crippen LogP contribution in [0.3, 0.4) is 0 Å². The summed E-state index contributed by atoms with van der Waals surface area (Å²) in [6, 6.07) is 11.3. The van der Waals surface area contributed by atoms with E-state index in [0.29, 0.717) is 6.04 Å². The molecule has 1 aliphatic rings. The molecule has 1 aromatic rings. The molecule has 0 spiro atoms. The van der Waals surface area contributed by atoms with Crippen molar-refractivity contribution < 1.29 is 9.90 Å². The van der Waals surface area contributed by atoms with Crippen LogP contribution < -0.4 is 5.32 Å². The predicted octanol–water partition coefficient (Wildman–Crippen LogP) is 2.67. The van der Waals surface area contributed by atoms with Gasteiger partial charge >= 0.3 is 0 Å². The Bertz CT molecular complexity index is 329. The molecule has 3 heteroatoms. The minimum absolute atomic E-state index is 0.695. The number of benzene rings is 1. The summed E-state index contributed by atoms with van der Waals surface area (Å²) < 4.78 is 0. The van der Waals surface area contributed by atoms with Crippen LogP contribution in [-0.4, -0.2) is 17.1 Å². The van der Waals surface area contributed by atoms with E-state index in [1.54, 1.807) is 0 Å². The Balaban J connectivity index is 0.000000317. The fourth-order valence-electron chi connectivity index (χ4n) is 1.64. The third-order valence-electron chi connectivity index (χ3n) is 2.80. The first-order chi connectivity index (χ1) is 8.09. The summed E-state index contributed by atoms with van der Waals surface area (Å²) in [6.07, 6.45) is 2.84. The lowest BCUT2D eigenvalue weighted by molar-refractivity contribution is -0.134. The number of hydrogen-bond donors (Lipinski definition) is 2. The first-order valence-electron chi connectivity index (χ1n) is 6.06. The Morgan fingerprint density at radius 3 is 2.41 bits per heavy atom. The highest BCUT2D eigenvalue weighted by atomic mass is 16.4. The van der Waals surface area contributed by atoms with E-state index >= 15 is 0 Å². The summed E-state index contributed by atoms with van der Waals surface area (Å²) in [6.45, 7) is 4.39. The number of carboxylic acids is 1. The second-order valence-corrected chi connectivity index (χ2v) is 4.51. The van der Waals surface area contributed by atoms with E-state index in [2.05, 4.69) is 42.6 Å². The molecule has 1 fully saturated rings. The Morgan fingerprint density at radius 1 is 1.41 bits per heavy atom. The topological polar surface area (TPSA) is 49.3 Å². The Hall–Kier alpha value is -1.35. The van der Waals surface area contributed by atoms with Crippen LogP contribution in [0.15, 0.2) is 30.3 Å². The van der Waals surface area contributed by atoms with E-state index < -0.39 is 5.97 Å². The number of aliphatic carboxylic acids is 1. The van der Waals surface area contributed by atoms with Crippen LogP contribution in [0.25, 0.3) is 0 Å². The molecule has 0 radical (unpaired) electrons. The van der Waals surface area contributed by atoms with Gasteiger partial charge in [0.05, 0.1) is 0 Å². The SMILES string of the molecule is CC(=O)O.CC(NCc1ccccc1)C1CC1. The normalized spacial score (nSPS) is 15.6. The molecule has 0 saturated heterocycles. The van der Waals surface area contributed by atoms with E-state index in [9.17, 15) is 0 Å². The van der Waals surface area contributed by atoms with E-state index in [4.69, 9.17) is 9.90 Å². The van der Waals surface area contributed by atoms with Crippen LogP contribution in [0.5, 0.6) is 0 Å². The smallest absolute Gasteiger partial charge is 0.300 e. The molecular formula is C14H21NO2. The number of nitrogens with one attached hydrogen (secondary N) is 1. The first kappa shape index (κ1) is 13.7. The van der Waals surface area contributed by atoms with Gasteiger partial charge in [0, 0.05) is 19.5 Å². The van der Waals surface area contributed by atoms with Crippen molar-refractivity contribution in [3.8, 4) is 0 Å². The molecule has 0 bridgehead atoms. The van der Waals surface area contributed by atoms with Crippen molar-refractivity contribution in [2.24, 2.45) is 5.92 Å². The second kappa shape index (κ2) is 7.07. The van der Waals surface area contributed by atoms with Crippen molar-refractivity contribution >= 4 is 5.97 Å². The molecule has 2 N–H and O–H groups in total. The summed E-state index contributed by atoms with van der Waals surface area (Å²) in [5.41, 5.74) is 1.38. The summed E-state index contributed by atoms with van der Waals surface area (Å²) in [4.78, 5) is 9.00. The van der Waals surface area contributed by atoms with Crippen LogP contribution >= 0.6 is 0 Å². The zero-order valence-corrected chi connectivity index (χ0v) is 10.5. The van der Waals surface area contributed by atoms with Gasteiger partial charge in [-0.15, -0.1) is 0 Å². The number of carboxylic acid groups (broad SMARTS) is 1. The van der Waals surface area contributed by atoms with Crippen molar-refractivity contribution in [3.63, 3.8) is 0 Å². The Morgan fingerprint density at radius 2 is 1.94 bits per heavy atom. The van der Waals surface area contributed by atoms with Crippen LogP contribution in [0.1, 0.15) is 32.3 Å². The quantitative estimate of drug-likeness (QED) is 0.843. The average molecular weight is 235 g/mol. The van der Waals surface area contributed by atoms with E-state index in [1.807, 2.05) is 0 Å². The zero-order valence-electron chi connectivity index (χ0n) is 10.5. The molecular weight excluding hydrogens is 214 g/mol. The van der Waals surface area contributed by atoms with Crippen molar-refractivity contribution in [1.29, 1.82) is 0 Å². The van der Waals surface area contributed by atoms with Gasteiger partial charge in [0.1, 0.15) is 0 Å². The van der Waals surface area contributed by atoms with Gasteiger partial charge in [-0.2, -0.15) is 0 Å². The van der Waals surface area contributed by atoms with Crippen molar-refractivity contribution in [3.05, 3.63) is 35.9 Å². The molecule has 0 amide bonds. The standard InChI is InChI=1S/C12H17N.C2H4O2/c1-10(12-7-8-12)13-9-11-5-3-2-4-6-11;1-2(3)4/h2-6,10,12-13H,7-9H2,1H3;1H3,(H,3,4). The molecule has 0 aliphatic heterocycles. The van der Waals surface area contributed by atoms with E-state index in [0.717, 1.165) is 19.4 Å². The van der Waals surface area contributed by atoms with Gasteiger partial charge in [0.25, 0.3) is 5.97 Å². The largest absolute Gasteiger partial charge is 0.481 e. The summed E-state index contributed by atoms with van der Waals surface area (Å²) in [5.74, 6) is 0.115. The molecule has 0 aromatic heterocycles. The van der Waals surface area contributed by atoms with Gasteiger partial charge in [-0.1, -0.05) is 30.3 Å². The average Bonchev–Trinajstić information content (AvgIpc) is 3.10. The highest BCUT2D eigenvalue weighted by Gasteiger charge is 2.27. The Labute approximate surface area is 103 Å². The van der Waals surface area contributed by atoms with E-state index in [1.165, 1.54) is 18.4 Å². The molecule has 1 aliphatic carbocycles. The lowest BCUT2D eigenvalue weighted by Crippen LogP contribution is -2.27. The van der Waals surface area contributed by atoms with Crippen molar-refractivity contribution in [2.75, 3.05) is 0 Å². The monoisotopic (exact) mass is 235 g/mol. The predicted molar refractivity (Wildman–Crippen MR) is 68.8 cm³/mol. The van der Waals surface area contributed by atoms with Crippen LogP contribution in [-0.2, 0) is 11.3 Å². The third kappa shape index (κ3) is 6.74.